The lowest BCUT2D eigenvalue weighted by molar-refractivity contribution is -0.139. The molecule has 0 N–H and O–H groups in total. The second-order valence-electron chi connectivity index (χ2n) is 8.93. The minimum absolute atomic E-state index is 0.0684. The molecule has 1 fully saturated rings. The highest BCUT2D eigenvalue weighted by molar-refractivity contribution is 5.80. The fraction of sp³-hybridized carbons (Fsp3) is 0.519. The van der Waals surface area contributed by atoms with Crippen LogP contribution >= 0.6 is 0 Å². The summed E-state index contributed by atoms with van der Waals surface area (Å²) in [4.78, 5) is 15.8. The minimum atomic E-state index is -0.0684. The van der Waals surface area contributed by atoms with Crippen molar-refractivity contribution >= 4 is 5.91 Å². The summed E-state index contributed by atoms with van der Waals surface area (Å²) in [6, 6.07) is 10.1. The number of fused-ring (bicyclic) bond motifs is 1. The van der Waals surface area contributed by atoms with Gasteiger partial charge < -0.3 is 23.8 Å². The number of amides is 1. The first-order valence-electron chi connectivity index (χ1n) is 11.9. The van der Waals surface area contributed by atoms with Crippen molar-refractivity contribution in [3.8, 4) is 23.0 Å². The number of hydrogen-bond donors (Lipinski definition) is 0. The summed E-state index contributed by atoms with van der Waals surface area (Å²) >= 11 is 0. The van der Waals surface area contributed by atoms with E-state index in [-0.39, 0.29) is 12.0 Å². The van der Waals surface area contributed by atoms with Gasteiger partial charge in [-0.05, 0) is 66.6 Å². The number of nitrogens with zero attached hydrogens (tertiary/aromatic N) is 1. The van der Waals surface area contributed by atoms with Gasteiger partial charge in [-0.3, -0.25) is 4.79 Å². The second kappa shape index (κ2) is 10.4. The zero-order chi connectivity index (χ0) is 23.4. The van der Waals surface area contributed by atoms with Crippen molar-refractivity contribution in [2.45, 2.75) is 51.0 Å². The molecule has 0 saturated heterocycles. The third-order valence-corrected chi connectivity index (χ3v) is 7.12. The van der Waals surface area contributed by atoms with E-state index in [2.05, 4.69) is 23.1 Å². The van der Waals surface area contributed by atoms with Gasteiger partial charge in [0.15, 0.2) is 23.0 Å². The molecule has 1 amide bonds. The van der Waals surface area contributed by atoms with Crippen molar-refractivity contribution in [1.29, 1.82) is 0 Å². The minimum Gasteiger partial charge on any atom is -0.493 e. The van der Waals surface area contributed by atoms with Crippen molar-refractivity contribution in [3.63, 3.8) is 0 Å². The highest BCUT2D eigenvalue weighted by Gasteiger charge is 2.35. The van der Waals surface area contributed by atoms with Crippen LogP contribution in [0.5, 0.6) is 23.0 Å². The van der Waals surface area contributed by atoms with E-state index >= 15 is 0 Å². The first-order chi connectivity index (χ1) is 16.1. The van der Waals surface area contributed by atoms with Crippen LogP contribution in [0.1, 0.15) is 54.8 Å². The molecule has 178 valence electrons. The van der Waals surface area contributed by atoms with Gasteiger partial charge in [-0.25, -0.2) is 0 Å². The molecule has 2 aromatic rings. The van der Waals surface area contributed by atoms with Gasteiger partial charge in [0.2, 0.25) is 5.91 Å². The Labute approximate surface area is 196 Å². The van der Waals surface area contributed by atoms with Gasteiger partial charge in [-0.2, -0.15) is 0 Å². The smallest absolute Gasteiger partial charge is 0.226 e. The maximum atomic E-state index is 13.7. The molecule has 1 heterocycles. The second-order valence-corrected chi connectivity index (χ2v) is 8.93. The molecule has 1 aliphatic heterocycles. The normalized spacial score (nSPS) is 18.4. The van der Waals surface area contributed by atoms with E-state index in [4.69, 9.17) is 18.9 Å². The summed E-state index contributed by atoms with van der Waals surface area (Å²) in [5.74, 6) is 3.25. The molecule has 0 aromatic heterocycles. The summed E-state index contributed by atoms with van der Waals surface area (Å²) in [5, 5.41) is 0. The van der Waals surface area contributed by atoms with Crippen LogP contribution in [0, 0.1) is 5.92 Å². The molecule has 2 aliphatic rings. The number of hydrogen-bond acceptors (Lipinski definition) is 5. The highest BCUT2D eigenvalue weighted by Crippen LogP contribution is 2.41. The van der Waals surface area contributed by atoms with Crippen LogP contribution in [0.25, 0.3) is 0 Å². The van der Waals surface area contributed by atoms with Crippen LogP contribution in [0.4, 0.5) is 0 Å². The van der Waals surface area contributed by atoms with Gasteiger partial charge in [0.25, 0.3) is 0 Å². The predicted molar refractivity (Wildman–Crippen MR) is 128 cm³/mol. The molecular formula is C27H35NO5. The molecule has 0 spiro atoms. The summed E-state index contributed by atoms with van der Waals surface area (Å²) in [6.45, 7) is 0.718. The third-order valence-electron chi connectivity index (χ3n) is 7.12. The first kappa shape index (κ1) is 23.3. The molecule has 6 nitrogen and oxygen atoms in total. The van der Waals surface area contributed by atoms with Gasteiger partial charge in [0.1, 0.15) is 0 Å². The SMILES string of the molecule is COc1ccc(C[C@H]2c3cc(OC)c(OC)cc3CCN2C(=O)C2CCCCC2)cc1OC. The Hall–Kier alpha value is -2.89. The van der Waals surface area contributed by atoms with E-state index in [1.165, 1.54) is 12.0 Å². The summed E-state index contributed by atoms with van der Waals surface area (Å²) < 4.78 is 22.1. The fourth-order valence-corrected chi connectivity index (χ4v) is 5.33. The number of benzene rings is 2. The van der Waals surface area contributed by atoms with Crippen molar-refractivity contribution < 1.29 is 23.7 Å². The standard InChI is InChI=1S/C27H35NO5/c1-30-23-11-10-18(15-24(23)31-2)14-22-21-17-26(33-4)25(32-3)16-20(21)12-13-28(22)27(29)19-8-6-5-7-9-19/h10-11,15-17,19,22H,5-9,12-14H2,1-4H3/t22-/m0/s1. The Morgan fingerprint density at radius 3 is 2.15 bits per heavy atom. The Bertz CT molecular complexity index is 983. The lowest BCUT2D eigenvalue weighted by Crippen LogP contribution is -2.44. The molecule has 0 bridgehead atoms. The molecule has 4 rings (SSSR count). The third kappa shape index (κ3) is 4.75. The van der Waals surface area contributed by atoms with Crippen molar-refractivity contribution in [2.24, 2.45) is 5.92 Å². The Morgan fingerprint density at radius 2 is 1.48 bits per heavy atom. The van der Waals surface area contributed by atoms with Crippen molar-refractivity contribution in [2.75, 3.05) is 35.0 Å². The van der Waals surface area contributed by atoms with E-state index in [1.807, 2.05) is 12.1 Å². The molecule has 1 saturated carbocycles. The van der Waals surface area contributed by atoms with Crippen LogP contribution < -0.4 is 18.9 Å². The number of carbonyl (C=O) groups is 1. The zero-order valence-corrected chi connectivity index (χ0v) is 20.2. The Kier molecular flexibility index (Phi) is 7.31. The first-order valence-corrected chi connectivity index (χ1v) is 11.9. The molecule has 0 radical (unpaired) electrons. The van der Waals surface area contributed by atoms with E-state index in [0.717, 1.165) is 55.5 Å². The van der Waals surface area contributed by atoms with Crippen LogP contribution in [-0.2, 0) is 17.6 Å². The molecule has 1 atom stereocenters. The zero-order valence-electron chi connectivity index (χ0n) is 20.2. The average molecular weight is 454 g/mol. The monoisotopic (exact) mass is 453 g/mol. The maximum Gasteiger partial charge on any atom is 0.226 e. The molecule has 33 heavy (non-hydrogen) atoms. The summed E-state index contributed by atoms with van der Waals surface area (Å²) in [7, 11) is 6.60. The van der Waals surface area contributed by atoms with Crippen LogP contribution in [-0.4, -0.2) is 45.8 Å². The largest absolute Gasteiger partial charge is 0.493 e. The quantitative estimate of drug-likeness (QED) is 0.592. The number of ether oxygens (including phenoxy) is 4. The van der Waals surface area contributed by atoms with E-state index in [9.17, 15) is 4.79 Å². The number of methoxy groups -OCH3 is 4. The lowest BCUT2D eigenvalue weighted by atomic mass is 9.84. The average Bonchev–Trinajstić information content (AvgIpc) is 2.88. The van der Waals surface area contributed by atoms with Gasteiger partial charge >= 0.3 is 0 Å². The predicted octanol–water partition coefficient (Wildman–Crippen LogP) is 4.97. The fourth-order valence-electron chi connectivity index (χ4n) is 5.33. The number of carbonyl (C=O) groups excluding carboxylic acids is 1. The summed E-state index contributed by atoms with van der Waals surface area (Å²) in [5.41, 5.74) is 3.45. The Morgan fingerprint density at radius 1 is 0.848 bits per heavy atom. The molecule has 6 heteroatoms. The molecule has 0 unspecified atom stereocenters. The van der Waals surface area contributed by atoms with Gasteiger partial charge in [0.05, 0.1) is 34.5 Å². The van der Waals surface area contributed by atoms with Gasteiger partial charge in [-0.1, -0.05) is 25.3 Å². The molecule has 1 aliphatic carbocycles. The van der Waals surface area contributed by atoms with Gasteiger partial charge in [0, 0.05) is 12.5 Å². The molecule has 2 aromatic carbocycles. The lowest BCUT2D eigenvalue weighted by Gasteiger charge is -2.40. The Balaban J connectivity index is 1.73. The van der Waals surface area contributed by atoms with Crippen molar-refractivity contribution in [1.82, 2.24) is 4.90 Å². The highest BCUT2D eigenvalue weighted by atomic mass is 16.5. The van der Waals surface area contributed by atoms with E-state index in [1.54, 1.807) is 28.4 Å². The number of rotatable bonds is 7. The summed E-state index contributed by atoms with van der Waals surface area (Å²) in [6.07, 6.45) is 7.03. The van der Waals surface area contributed by atoms with E-state index < -0.39 is 0 Å². The topological polar surface area (TPSA) is 57.2 Å². The maximum absolute atomic E-state index is 13.7. The molecular weight excluding hydrogens is 418 g/mol. The van der Waals surface area contributed by atoms with Crippen LogP contribution in [0.2, 0.25) is 0 Å². The van der Waals surface area contributed by atoms with E-state index in [0.29, 0.717) is 29.6 Å². The van der Waals surface area contributed by atoms with Gasteiger partial charge in [-0.15, -0.1) is 0 Å². The van der Waals surface area contributed by atoms with Crippen LogP contribution in [0.3, 0.4) is 0 Å². The van der Waals surface area contributed by atoms with Crippen molar-refractivity contribution in [3.05, 3.63) is 47.0 Å². The van der Waals surface area contributed by atoms with Crippen LogP contribution in [0.15, 0.2) is 30.3 Å².